The number of nitrogens with zero attached hydrogens (tertiary/aromatic N) is 1. The molecule has 2 amide bonds. The Kier molecular flexibility index (Phi) is 7.37. The molecule has 148 valence electrons. The topological polar surface area (TPSA) is 148 Å². The van der Waals surface area contributed by atoms with Crippen molar-refractivity contribution in [2.24, 2.45) is 0 Å². The van der Waals surface area contributed by atoms with Crippen LogP contribution in [0.5, 0.6) is 0 Å². The lowest BCUT2D eigenvalue weighted by Crippen LogP contribution is -2.49. The van der Waals surface area contributed by atoms with Crippen LogP contribution < -0.4 is 10.6 Å². The summed E-state index contributed by atoms with van der Waals surface area (Å²) in [4.78, 5) is 45.4. The van der Waals surface area contributed by atoms with Crippen molar-refractivity contribution in [2.75, 3.05) is 6.54 Å². The van der Waals surface area contributed by atoms with E-state index in [-0.39, 0.29) is 5.02 Å². The summed E-state index contributed by atoms with van der Waals surface area (Å²) in [6, 6.07) is 0.548. The summed E-state index contributed by atoms with van der Waals surface area (Å²) in [6.45, 7) is 4.36. The number of ether oxygens (including phenoxy) is 1. The Morgan fingerprint density at radius 2 is 1.89 bits per heavy atom. The maximum Gasteiger partial charge on any atom is 0.407 e. The molecule has 1 rings (SSSR count). The smallest absolute Gasteiger partial charge is 0.407 e. The molecule has 0 saturated carbocycles. The maximum absolute atomic E-state index is 12.3. The minimum atomic E-state index is -1.56. The number of alkyl carbamates (subject to hydrolysis) is 1. The van der Waals surface area contributed by atoms with Crippen molar-refractivity contribution in [1.82, 2.24) is 10.6 Å². The van der Waals surface area contributed by atoms with Gasteiger partial charge in [-0.05, 0) is 26.8 Å². The molecule has 0 bridgehead atoms. The first-order chi connectivity index (χ1) is 12.3. The second-order valence-corrected chi connectivity index (χ2v) is 7.04. The third kappa shape index (κ3) is 6.57. The summed E-state index contributed by atoms with van der Waals surface area (Å²) in [6.07, 6.45) is -0.880. The molecule has 0 heterocycles. The Morgan fingerprint density at radius 1 is 1.30 bits per heavy atom. The van der Waals surface area contributed by atoms with Gasteiger partial charge < -0.3 is 20.5 Å². The van der Waals surface area contributed by atoms with Gasteiger partial charge in [0.25, 0.3) is 11.6 Å². The van der Waals surface area contributed by atoms with Gasteiger partial charge in [0.05, 0.1) is 22.1 Å². The van der Waals surface area contributed by atoms with E-state index in [1.165, 1.54) is 0 Å². The molecule has 0 spiro atoms. The van der Waals surface area contributed by atoms with Crippen LogP contribution in [0.15, 0.2) is 12.1 Å². The van der Waals surface area contributed by atoms with Gasteiger partial charge in [0.15, 0.2) is 0 Å². The number of halogens is 2. The molecular weight excluding hydrogens is 405 g/mol. The molecular formula is C15H17Cl2N3O7. The summed E-state index contributed by atoms with van der Waals surface area (Å²) >= 11 is 11.7. The van der Waals surface area contributed by atoms with Crippen LogP contribution >= 0.6 is 23.2 Å². The van der Waals surface area contributed by atoms with Crippen LogP contribution in [0.25, 0.3) is 0 Å². The molecule has 10 nitrogen and oxygen atoms in total. The van der Waals surface area contributed by atoms with Crippen molar-refractivity contribution in [1.29, 1.82) is 0 Å². The number of nitrogens with one attached hydrogen (secondary N) is 2. The van der Waals surface area contributed by atoms with Gasteiger partial charge >= 0.3 is 12.1 Å². The fourth-order valence-electron chi connectivity index (χ4n) is 1.82. The average Bonchev–Trinajstić information content (AvgIpc) is 2.48. The van der Waals surface area contributed by atoms with E-state index in [4.69, 9.17) is 27.9 Å². The van der Waals surface area contributed by atoms with Crippen molar-refractivity contribution in [2.45, 2.75) is 32.4 Å². The number of aliphatic carboxylic acids is 1. The van der Waals surface area contributed by atoms with E-state index in [1.807, 2.05) is 0 Å². The second-order valence-electron chi connectivity index (χ2n) is 6.26. The second kappa shape index (κ2) is 8.87. The van der Waals surface area contributed by atoms with Gasteiger partial charge in [-0.25, -0.2) is 9.59 Å². The van der Waals surface area contributed by atoms with Crippen LogP contribution in [0.1, 0.15) is 31.1 Å². The number of hydrogen-bond donors (Lipinski definition) is 3. The fourth-order valence-corrected chi connectivity index (χ4v) is 2.43. The fraction of sp³-hybridized carbons (Fsp3) is 0.400. The maximum atomic E-state index is 12.3. The van der Waals surface area contributed by atoms with Crippen LogP contribution in [0.3, 0.4) is 0 Å². The molecule has 0 unspecified atom stereocenters. The van der Waals surface area contributed by atoms with Crippen molar-refractivity contribution < 1.29 is 29.2 Å². The highest BCUT2D eigenvalue weighted by atomic mass is 35.5. The molecule has 0 aromatic heterocycles. The Bertz CT molecular complexity index is 777. The minimum absolute atomic E-state index is 0.202. The normalized spacial score (nSPS) is 12.0. The first kappa shape index (κ1) is 22.5. The van der Waals surface area contributed by atoms with Crippen molar-refractivity contribution >= 4 is 46.9 Å². The molecule has 12 heteroatoms. The van der Waals surface area contributed by atoms with Gasteiger partial charge in [-0.15, -0.1) is 0 Å². The van der Waals surface area contributed by atoms with Gasteiger partial charge in [0, 0.05) is 6.07 Å². The first-order valence-electron chi connectivity index (χ1n) is 7.46. The zero-order valence-corrected chi connectivity index (χ0v) is 16.1. The Hall–Kier alpha value is -2.59. The monoisotopic (exact) mass is 421 g/mol. The van der Waals surface area contributed by atoms with Crippen molar-refractivity contribution in [3.63, 3.8) is 0 Å². The third-order valence-electron chi connectivity index (χ3n) is 2.95. The number of carbonyl (C=O) groups excluding carboxylic acids is 2. The number of carboxylic acid groups (broad SMARTS) is 1. The van der Waals surface area contributed by atoms with Crippen LogP contribution in [0.2, 0.25) is 10.0 Å². The molecule has 1 atom stereocenters. The van der Waals surface area contributed by atoms with Crippen LogP contribution in [-0.4, -0.2) is 46.2 Å². The van der Waals surface area contributed by atoms with Crippen molar-refractivity contribution in [3.05, 3.63) is 37.9 Å². The summed E-state index contributed by atoms with van der Waals surface area (Å²) in [5.41, 5.74) is -1.81. The Labute approximate surface area is 163 Å². The zero-order valence-electron chi connectivity index (χ0n) is 14.5. The van der Waals surface area contributed by atoms with Gasteiger partial charge in [0.2, 0.25) is 0 Å². The largest absolute Gasteiger partial charge is 0.480 e. The predicted octanol–water partition coefficient (Wildman–Crippen LogP) is 2.61. The number of nitro groups is 1. The lowest BCUT2D eigenvalue weighted by atomic mass is 10.1. The van der Waals surface area contributed by atoms with Crippen LogP contribution in [0.4, 0.5) is 10.5 Å². The number of nitro benzene ring substituents is 1. The number of rotatable bonds is 6. The predicted molar refractivity (Wildman–Crippen MR) is 96.2 cm³/mol. The molecule has 0 fully saturated rings. The highest BCUT2D eigenvalue weighted by molar-refractivity contribution is 6.41. The molecule has 27 heavy (non-hydrogen) atoms. The molecule has 1 aromatic carbocycles. The highest BCUT2D eigenvalue weighted by Gasteiger charge is 2.28. The Morgan fingerprint density at radius 3 is 2.37 bits per heavy atom. The molecule has 0 aliphatic rings. The molecule has 0 aliphatic heterocycles. The highest BCUT2D eigenvalue weighted by Crippen LogP contribution is 2.33. The summed E-state index contributed by atoms with van der Waals surface area (Å²) in [5, 5.41) is 23.7. The van der Waals surface area contributed by atoms with Gasteiger partial charge in [-0.2, -0.15) is 0 Å². The van der Waals surface area contributed by atoms with E-state index in [9.17, 15) is 29.6 Å². The number of benzene rings is 1. The summed E-state index contributed by atoms with van der Waals surface area (Å²) in [5.74, 6) is -2.51. The van der Waals surface area contributed by atoms with E-state index in [0.29, 0.717) is 0 Å². The molecule has 1 aromatic rings. The molecule has 0 saturated heterocycles. The lowest BCUT2D eigenvalue weighted by molar-refractivity contribution is -0.384. The summed E-state index contributed by atoms with van der Waals surface area (Å²) < 4.78 is 4.96. The quantitative estimate of drug-likeness (QED) is 0.471. The van der Waals surface area contributed by atoms with E-state index in [2.05, 4.69) is 10.6 Å². The van der Waals surface area contributed by atoms with E-state index >= 15 is 0 Å². The van der Waals surface area contributed by atoms with E-state index < -0.39 is 57.4 Å². The standard InChI is InChI=1S/C15H17Cl2N3O7/c1-15(2,3)27-14(24)18-6-8(13(22)23)19-12(21)10-7(16)4-5-9(11(10)17)20(25)26/h4-5,8H,6H2,1-3H3,(H,18,24)(H,19,21)(H,22,23)/t8-/m0/s1. The number of amides is 2. The van der Waals surface area contributed by atoms with E-state index in [1.54, 1.807) is 20.8 Å². The number of carbonyl (C=O) groups is 3. The average molecular weight is 422 g/mol. The van der Waals surface area contributed by atoms with E-state index in [0.717, 1.165) is 12.1 Å². The van der Waals surface area contributed by atoms with Gasteiger partial charge in [-0.3, -0.25) is 14.9 Å². The lowest BCUT2D eigenvalue weighted by Gasteiger charge is -2.21. The summed E-state index contributed by atoms with van der Waals surface area (Å²) in [7, 11) is 0. The molecule has 0 aliphatic carbocycles. The minimum Gasteiger partial charge on any atom is -0.480 e. The molecule has 0 radical (unpaired) electrons. The SMILES string of the molecule is CC(C)(C)OC(=O)NC[C@H](NC(=O)c1c(Cl)ccc([N+](=O)[O-])c1Cl)C(=O)O. The third-order valence-corrected chi connectivity index (χ3v) is 3.64. The molecule has 3 N–H and O–H groups in total. The van der Waals surface area contributed by atoms with Crippen LogP contribution in [0, 0.1) is 10.1 Å². The number of hydrogen-bond acceptors (Lipinski definition) is 6. The van der Waals surface area contributed by atoms with Gasteiger partial charge in [0.1, 0.15) is 16.7 Å². The zero-order chi connectivity index (χ0) is 20.9. The van der Waals surface area contributed by atoms with Crippen LogP contribution in [-0.2, 0) is 9.53 Å². The Balaban J connectivity index is 2.94. The van der Waals surface area contributed by atoms with Crippen molar-refractivity contribution in [3.8, 4) is 0 Å². The van der Waals surface area contributed by atoms with Gasteiger partial charge in [-0.1, -0.05) is 23.2 Å². The first-order valence-corrected chi connectivity index (χ1v) is 8.22. The number of carboxylic acids is 1.